The number of nitrogens with zero attached hydrogens (tertiary/aromatic N) is 12. The van der Waals surface area contributed by atoms with Gasteiger partial charge in [0, 0.05) is 54.2 Å². The predicted octanol–water partition coefficient (Wildman–Crippen LogP) is 18.0. The van der Waals surface area contributed by atoms with Crippen molar-refractivity contribution in [2.75, 3.05) is 0 Å². The van der Waals surface area contributed by atoms with E-state index < -0.39 is 32.5 Å². The zero-order valence-corrected chi connectivity index (χ0v) is 59.8. The third kappa shape index (κ3) is 11.3. The van der Waals surface area contributed by atoms with Crippen LogP contribution < -0.4 is 0 Å². The molecule has 13 heteroatoms. The summed E-state index contributed by atoms with van der Waals surface area (Å²) in [6.07, 6.45) is 18.0. The van der Waals surface area contributed by atoms with Crippen molar-refractivity contribution in [1.82, 2.24) is 58.6 Å². The second kappa shape index (κ2) is 25.0. The molecule has 476 valence electrons. The van der Waals surface area contributed by atoms with E-state index in [1.165, 1.54) is 33.4 Å². The van der Waals surface area contributed by atoms with Gasteiger partial charge in [-0.15, -0.1) is 94.0 Å². The monoisotopic (exact) mass is 1420 g/mol. The van der Waals surface area contributed by atoms with Crippen LogP contribution in [0.25, 0.3) is 74.0 Å². The fourth-order valence-corrected chi connectivity index (χ4v) is 13.8. The molecule has 94 heavy (non-hydrogen) atoms. The molecule has 0 N–H and O–H groups in total. The van der Waals surface area contributed by atoms with Crippen LogP contribution in [0.15, 0.2) is 178 Å². The van der Waals surface area contributed by atoms with Gasteiger partial charge < -0.3 is 13.7 Å². The SMILES string of the molecule is Cc1cccc(C)c1-n1ccnc1-c1[c-]cc(C(C)(C)C(C)(C)c2cc(C(C)(C)C(C)(C)c3c[c-]c(-c4nccn4-c4c(C)cccc4C)cc3-c3ncncn3)cc(C(C)(C)C(C)(C)c3c[c-]c(-c4nccn4-c4c(C)cccc4C)cc3-c3ncncn3)c2)cc1.[Ir+3]. The largest absolute Gasteiger partial charge is 3.00 e. The Morgan fingerprint density at radius 1 is 0.319 bits per heavy atom. The van der Waals surface area contributed by atoms with Crippen LogP contribution in [0, 0.1) is 59.7 Å². The Kier molecular flexibility index (Phi) is 17.6. The molecule has 0 amide bonds. The summed E-state index contributed by atoms with van der Waals surface area (Å²) in [5.74, 6) is 3.57. The number of aromatic nitrogens is 12. The summed E-state index contributed by atoms with van der Waals surface area (Å²) in [5.41, 5.74) is 18.3. The summed E-state index contributed by atoms with van der Waals surface area (Å²) >= 11 is 0. The second-order valence-corrected chi connectivity index (χ2v) is 28.4. The zero-order chi connectivity index (χ0) is 66.2. The zero-order valence-electron chi connectivity index (χ0n) is 57.4. The average molecular weight is 1420 g/mol. The Labute approximate surface area is 569 Å². The topological polar surface area (TPSA) is 131 Å². The first-order chi connectivity index (χ1) is 44.2. The van der Waals surface area contributed by atoms with Crippen molar-refractivity contribution in [3.05, 3.63) is 263 Å². The molecular formula is C81H83IrN12. The van der Waals surface area contributed by atoms with E-state index in [-0.39, 0.29) is 20.1 Å². The first-order valence-corrected chi connectivity index (χ1v) is 32.0. The normalized spacial score (nSPS) is 12.5. The molecule has 0 fully saturated rings. The van der Waals surface area contributed by atoms with Crippen molar-refractivity contribution in [1.29, 1.82) is 0 Å². The Morgan fingerprint density at radius 2 is 0.617 bits per heavy atom. The molecular weight excluding hydrogens is 1330 g/mol. The fraction of sp³-hybridized carbons (Fsp3) is 0.296. The van der Waals surface area contributed by atoms with Crippen molar-refractivity contribution in [2.45, 2.75) is 157 Å². The second-order valence-electron chi connectivity index (χ2n) is 28.4. The molecule has 7 aromatic carbocycles. The van der Waals surface area contributed by atoms with E-state index in [4.69, 9.17) is 34.9 Å². The van der Waals surface area contributed by atoms with Crippen molar-refractivity contribution < 1.29 is 20.1 Å². The number of para-hydroxylation sites is 3. The van der Waals surface area contributed by atoms with Gasteiger partial charge in [0.25, 0.3) is 0 Å². The first-order valence-electron chi connectivity index (χ1n) is 32.0. The van der Waals surface area contributed by atoms with Crippen LogP contribution >= 0.6 is 0 Å². The van der Waals surface area contributed by atoms with Crippen LogP contribution in [0.3, 0.4) is 0 Å². The maximum absolute atomic E-state index is 4.97. The van der Waals surface area contributed by atoms with Gasteiger partial charge in [-0.3, -0.25) is 15.0 Å². The molecule has 12 aromatic rings. The molecule has 5 aromatic heterocycles. The van der Waals surface area contributed by atoms with Crippen LogP contribution in [0.2, 0.25) is 0 Å². The van der Waals surface area contributed by atoms with Crippen molar-refractivity contribution in [3.63, 3.8) is 0 Å². The van der Waals surface area contributed by atoms with Crippen molar-refractivity contribution >= 4 is 0 Å². The molecule has 0 saturated carbocycles. The van der Waals surface area contributed by atoms with E-state index in [2.05, 4.69) is 282 Å². The maximum Gasteiger partial charge on any atom is 3.00 e. The first kappa shape index (κ1) is 66.3. The Hall–Kier alpha value is -9.16. The standard InChI is InChI=1S/C81H83N12.Ir/c1-51-22-19-23-52(2)68(51)91-39-36-84-73(91)57-28-32-60(33-29-57)76(7,8)77(9,10)61-44-62(78(11,12)80(15,16)66-34-30-58(42-64(66)71-87-47-82-48-88-71)74-85-37-40-92(74)69-53(3)24-20-25-54(69)4)46-63(45-61)79(13,14)81(17,18)67-35-31-59(43-65(67)72-89-49-83-50-90-72)75-86-38-41-93(75)70-55(5)26-21-27-56(70)6;/h19-28,32-50H,1-18H3;/q-3;+3. The molecule has 5 heterocycles. The number of hydrogen-bond acceptors (Lipinski definition) is 9. The molecule has 0 bridgehead atoms. The summed E-state index contributed by atoms with van der Waals surface area (Å²) < 4.78 is 6.52. The van der Waals surface area contributed by atoms with Gasteiger partial charge in [0.2, 0.25) is 0 Å². The summed E-state index contributed by atoms with van der Waals surface area (Å²) in [4.78, 5) is 42.8. The van der Waals surface area contributed by atoms with Crippen molar-refractivity contribution in [3.8, 4) is 74.0 Å². The summed E-state index contributed by atoms with van der Waals surface area (Å²) in [6, 6.07) is 53.1. The minimum Gasteiger partial charge on any atom is -0.340 e. The number of hydrogen-bond donors (Lipinski definition) is 0. The smallest absolute Gasteiger partial charge is 0.340 e. The van der Waals surface area contributed by atoms with Crippen LogP contribution in [-0.4, -0.2) is 58.6 Å². The van der Waals surface area contributed by atoms with Crippen LogP contribution in [0.1, 0.15) is 150 Å². The van der Waals surface area contributed by atoms with Gasteiger partial charge in [0.15, 0.2) is 0 Å². The third-order valence-electron chi connectivity index (χ3n) is 21.7. The Morgan fingerprint density at radius 3 is 0.936 bits per heavy atom. The summed E-state index contributed by atoms with van der Waals surface area (Å²) in [7, 11) is 0. The fourth-order valence-electron chi connectivity index (χ4n) is 13.8. The van der Waals surface area contributed by atoms with Crippen molar-refractivity contribution in [2.24, 2.45) is 0 Å². The summed E-state index contributed by atoms with van der Waals surface area (Å²) in [6.45, 7) is 41.4. The molecule has 0 saturated heterocycles. The number of aryl methyl sites for hydroxylation is 6. The number of benzene rings is 7. The van der Waals surface area contributed by atoms with E-state index >= 15 is 0 Å². The van der Waals surface area contributed by atoms with Crippen LogP contribution in [0.5, 0.6) is 0 Å². The van der Waals surface area contributed by atoms with Crippen LogP contribution in [-0.2, 0) is 52.6 Å². The number of rotatable bonds is 17. The molecule has 12 nitrogen and oxygen atoms in total. The average Bonchev–Trinajstić information content (AvgIpc) is 0.846. The van der Waals surface area contributed by atoms with Gasteiger partial charge in [-0.25, -0.2) is 29.9 Å². The van der Waals surface area contributed by atoms with E-state index in [1.807, 2.05) is 37.2 Å². The summed E-state index contributed by atoms with van der Waals surface area (Å²) in [5, 5.41) is 0. The Balaban J connectivity index is 0.00000901. The molecule has 0 unspecified atom stereocenters. The minimum absolute atomic E-state index is 0. The Bertz CT molecular complexity index is 4470. The number of imidazole rings is 3. The minimum atomic E-state index is -0.590. The van der Waals surface area contributed by atoms with Gasteiger partial charge >= 0.3 is 20.1 Å². The predicted molar refractivity (Wildman–Crippen MR) is 374 cm³/mol. The molecule has 0 atom stereocenters. The van der Waals surface area contributed by atoms with Gasteiger partial charge in [-0.05, 0) is 124 Å². The molecule has 0 aliphatic rings. The van der Waals surface area contributed by atoms with E-state index in [1.54, 1.807) is 25.3 Å². The molecule has 0 spiro atoms. The van der Waals surface area contributed by atoms with E-state index in [0.29, 0.717) is 11.6 Å². The quantitative estimate of drug-likeness (QED) is 0.0818. The van der Waals surface area contributed by atoms with Gasteiger partial charge in [-0.2, -0.15) is 0 Å². The van der Waals surface area contributed by atoms with Gasteiger partial charge in [-0.1, -0.05) is 167 Å². The van der Waals surface area contributed by atoms with Gasteiger partial charge in [0.05, 0.1) is 17.5 Å². The van der Waals surface area contributed by atoms with E-state index in [9.17, 15) is 0 Å². The third-order valence-corrected chi connectivity index (χ3v) is 21.7. The van der Waals surface area contributed by atoms with Crippen LogP contribution in [0.4, 0.5) is 0 Å². The molecule has 0 aliphatic heterocycles. The molecule has 0 radical (unpaired) electrons. The maximum atomic E-state index is 4.97. The van der Waals surface area contributed by atoms with Gasteiger partial charge in [0.1, 0.15) is 37.0 Å². The molecule has 0 aliphatic carbocycles. The molecule has 12 rings (SSSR count). The van der Waals surface area contributed by atoms with E-state index in [0.717, 1.165) is 95.7 Å².